The number of ether oxygens (including phenoxy) is 1. The number of carbonyl (C=O) groups is 3. The number of fused-ring (bicyclic) bond motifs is 1. The molecule has 0 atom stereocenters. The van der Waals surface area contributed by atoms with E-state index in [4.69, 9.17) is 9.84 Å². The highest BCUT2D eigenvalue weighted by molar-refractivity contribution is 6.05. The first kappa shape index (κ1) is 17.5. The molecule has 7 nitrogen and oxygen atoms in total. The van der Waals surface area contributed by atoms with Crippen molar-refractivity contribution in [2.75, 3.05) is 23.4 Å². The third-order valence-electron chi connectivity index (χ3n) is 4.33. The molecule has 0 saturated carbocycles. The lowest BCUT2D eigenvalue weighted by molar-refractivity contribution is -0.123. The first-order valence-corrected chi connectivity index (χ1v) is 8.03. The summed E-state index contributed by atoms with van der Waals surface area (Å²) in [6.07, 6.45) is 0. The van der Waals surface area contributed by atoms with Crippen LogP contribution >= 0.6 is 0 Å². The Hall–Kier alpha value is -3.35. The first-order chi connectivity index (χ1) is 12.4. The van der Waals surface area contributed by atoms with Gasteiger partial charge in [0.1, 0.15) is 12.3 Å². The van der Waals surface area contributed by atoms with Crippen molar-refractivity contribution in [2.45, 2.75) is 13.8 Å². The maximum Gasteiger partial charge on any atom is 0.335 e. The number of nitrogens with zero attached hydrogens (tertiary/aromatic N) is 1. The zero-order chi connectivity index (χ0) is 18.8. The molecule has 0 saturated heterocycles. The Morgan fingerprint density at radius 3 is 2.73 bits per heavy atom. The maximum absolute atomic E-state index is 12.4. The number of anilines is 2. The zero-order valence-corrected chi connectivity index (χ0v) is 14.4. The van der Waals surface area contributed by atoms with Crippen LogP contribution in [0.4, 0.5) is 11.4 Å². The van der Waals surface area contributed by atoms with E-state index < -0.39 is 5.97 Å². The third kappa shape index (κ3) is 3.37. The summed E-state index contributed by atoms with van der Waals surface area (Å²) >= 11 is 0. The van der Waals surface area contributed by atoms with Crippen molar-refractivity contribution in [3.8, 4) is 5.75 Å². The average Bonchev–Trinajstić information content (AvgIpc) is 2.61. The van der Waals surface area contributed by atoms with E-state index in [1.54, 1.807) is 6.07 Å². The van der Waals surface area contributed by atoms with Gasteiger partial charge in [0.15, 0.2) is 6.61 Å². The van der Waals surface area contributed by atoms with Crippen LogP contribution in [0, 0.1) is 13.8 Å². The molecule has 7 heteroatoms. The topological polar surface area (TPSA) is 95.9 Å². The second-order valence-electron chi connectivity index (χ2n) is 6.05. The van der Waals surface area contributed by atoms with E-state index in [2.05, 4.69) is 5.32 Å². The molecule has 2 N–H and O–H groups in total. The molecule has 2 aromatic carbocycles. The van der Waals surface area contributed by atoms with Crippen LogP contribution in [0.25, 0.3) is 0 Å². The number of rotatable bonds is 4. The number of benzene rings is 2. The van der Waals surface area contributed by atoms with Gasteiger partial charge in [-0.25, -0.2) is 4.79 Å². The Bertz CT molecular complexity index is 907. The highest BCUT2D eigenvalue weighted by Crippen LogP contribution is 2.33. The highest BCUT2D eigenvalue weighted by atomic mass is 16.5. The summed E-state index contributed by atoms with van der Waals surface area (Å²) in [5.41, 5.74) is 3.13. The minimum atomic E-state index is -1.09. The van der Waals surface area contributed by atoms with Gasteiger partial charge in [0.2, 0.25) is 5.91 Å². The fraction of sp³-hybridized carbons (Fsp3) is 0.211. The standard InChI is InChI=1S/C19H18N2O5/c1-11-4-3-5-14(12(11)2)20-17(22)9-21-15-7-6-13(19(24)25)8-16(15)26-10-18(21)23/h3-8H,9-10H2,1-2H3,(H,20,22)(H,24,25). The molecule has 0 fully saturated rings. The van der Waals surface area contributed by atoms with Crippen LogP contribution in [0.2, 0.25) is 0 Å². The van der Waals surface area contributed by atoms with E-state index in [9.17, 15) is 14.4 Å². The molecule has 0 spiro atoms. The SMILES string of the molecule is Cc1cccc(NC(=O)CN2C(=O)COc3cc(C(=O)O)ccc32)c1C. The van der Waals surface area contributed by atoms with E-state index in [0.29, 0.717) is 11.4 Å². The second kappa shape index (κ2) is 6.87. The molecule has 3 rings (SSSR count). The van der Waals surface area contributed by atoms with Gasteiger partial charge in [0.05, 0.1) is 11.3 Å². The molecule has 0 bridgehead atoms. The summed E-state index contributed by atoms with van der Waals surface area (Å²) in [7, 11) is 0. The number of aryl methyl sites for hydroxylation is 1. The van der Waals surface area contributed by atoms with E-state index in [0.717, 1.165) is 11.1 Å². The molecule has 0 aliphatic carbocycles. The van der Waals surface area contributed by atoms with Crippen LogP contribution in [-0.2, 0) is 9.59 Å². The molecule has 0 aromatic heterocycles. The van der Waals surface area contributed by atoms with Gasteiger partial charge < -0.3 is 15.2 Å². The van der Waals surface area contributed by atoms with Gasteiger partial charge in [-0.05, 0) is 49.2 Å². The normalized spacial score (nSPS) is 13.0. The lowest BCUT2D eigenvalue weighted by atomic mass is 10.1. The molecule has 134 valence electrons. The maximum atomic E-state index is 12.4. The minimum Gasteiger partial charge on any atom is -0.482 e. The third-order valence-corrected chi connectivity index (χ3v) is 4.33. The second-order valence-corrected chi connectivity index (χ2v) is 6.05. The van der Waals surface area contributed by atoms with Gasteiger partial charge in [-0.15, -0.1) is 0 Å². The Morgan fingerprint density at radius 1 is 1.23 bits per heavy atom. The number of carboxylic acid groups (broad SMARTS) is 1. The van der Waals surface area contributed by atoms with Crippen molar-refractivity contribution < 1.29 is 24.2 Å². The molecule has 26 heavy (non-hydrogen) atoms. The fourth-order valence-corrected chi connectivity index (χ4v) is 2.73. The smallest absolute Gasteiger partial charge is 0.335 e. The molecule has 0 radical (unpaired) electrons. The molecule has 1 heterocycles. The number of amides is 2. The molecular weight excluding hydrogens is 336 g/mol. The summed E-state index contributed by atoms with van der Waals surface area (Å²) in [5.74, 6) is -1.53. The predicted molar refractivity (Wildman–Crippen MR) is 95.8 cm³/mol. The summed E-state index contributed by atoms with van der Waals surface area (Å²) in [5, 5.41) is 11.9. The lowest BCUT2D eigenvalue weighted by Crippen LogP contribution is -2.43. The van der Waals surface area contributed by atoms with E-state index in [-0.39, 0.29) is 36.3 Å². The minimum absolute atomic E-state index is 0.0536. The largest absolute Gasteiger partial charge is 0.482 e. The Balaban J connectivity index is 1.81. The van der Waals surface area contributed by atoms with E-state index in [1.807, 2.05) is 26.0 Å². The number of hydrogen-bond acceptors (Lipinski definition) is 4. The van der Waals surface area contributed by atoms with Crippen LogP contribution in [0.5, 0.6) is 5.75 Å². The first-order valence-electron chi connectivity index (χ1n) is 8.03. The Kier molecular flexibility index (Phi) is 4.62. The van der Waals surface area contributed by atoms with Crippen LogP contribution in [0.15, 0.2) is 36.4 Å². The van der Waals surface area contributed by atoms with Crippen LogP contribution < -0.4 is 15.0 Å². The van der Waals surface area contributed by atoms with Crippen molar-refractivity contribution in [2.24, 2.45) is 0 Å². The van der Waals surface area contributed by atoms with Gasteiger partial charge in [0.25, 0.3) is 5.91 Å². The number of carbonyl (C=O) groups excluding carboxylic acids is 2. The van der Waals surface area contributed by atoms with E-state index in [1.165, 1.54) is 23.1 Å². The number of carboxylic acids is 1. The van der Waals surface area contributed by atoms with Crippen LogP contribution in [0.3, 0.4) is 0 Å². The molecule has 0 unspecified atom stereocenters. The van der Waals surface area contributed by atoms with E-state index >= 15 is 0 Å². The highest BCUT2D eigenvalue weighted by Gasteiger charge is 2.28. The van der Waals surface area contributed by atoms with Crippen molar-refractivity contribution in [1.82, 2.24) is 0 Å². The Morgan fingerprint density at radius 2 is 2.00 bits per heavy atom. The lowest BCUT2D eigenvalue weighted by Gasteiger charge is -2.29. The summed E-state index contributed by atoms with van der Waals surface area (Å²) in [4.78, 5) is 37.0. The van der Waals surface area contributed by atoms with Crippen molar-refractivity contribution in [1.29, 1.82) is 0 Å². The number of hydrogen-bond donors (Lipinski definition) is 2. The van der Waals surface area contributed by atoms with Crippen molar-refractivity contribution in [3.05, 3.63) is 53.1 Å². The molecule has 2 aromatic rings. The molecule has 1 aliphatic rings. The summed E-state index contributed by atoms with van der Waals surface area (Å²) < 4.78 is 5.31. The van der Waals surface area contributed by atoms with Crippen molar-refractivity contribution in [3.63, 3.8) is 0 Å². The van der Waals surface area contributed by atoms with Crippen LogP contribution in [0.1, 0.15) is 21.5 Å². The Labute approximate surface area is 150 Å². The fourth-order valence-electron chi connectivity index (χ4n) is 2.73. The number of nitrogens with one attached hydrogen (secondary N) is 1. The average molecular weight is 354 g/mol. The van der Waals surface area contributed by atoms with Gasteiger partial charge in [-0.1, -0.05) is 12.1 Å². The van der Waals surface area contributed by atoms with Crippen LogP contribution in [-0.4, -0.2) is 36.0 Å². The van der Waals surface area contributed by atoms with Gasteiger partial charge >= 0.3 is 5.97 Å². The summed E-state index contributed by atoms with van der Waals surface area (Å²) in [6.45, 7) is 3.43. The van der Waals surface area contributed by atoms with Gasteiger partial charge in [-0.2, -0.15) is 0 Å². The molecule has 1 aliphatic heterocycles. The van der Waals surface area contributed by atoms with Gasteiger partial charge in [-0.3, -0.25) is 14.5 Å². The summed E-state index contributed by atoms with van der Waals surface area (Å²) in [6, 6.07) is 9.79. The van der Waals surface area contributed by atoms with Gasteiger partial charge in [0, 0.05) is 5.69 Å². The molecular formula is C19H18N2O5. The number of aromatic carboxylic acids is 1. The molecule has 2 amide bonds. The van der Waals surface area contributed by atoms with Crippen molar-refractivity contribution >= 4 is 29.2 Å². The zero-order valence-electron chi connectivity index (χ0n) is 14.4. The monoisotopic (exact) mass is 354 g/mol. The quantitative estimate of drug-likeness (QED) is 0.879. The predicted octanol–water partition coefficient (Wildman–Crippen LogP) is 2.37.